The third kappa shape index (κ3) is 4.40. The van der Waals surface area contributed by atoms with Gasteiger partial charge in [-0.2, -0.15) is 0 Å². The van der Waals surface area contributed by atoms with E-state index in [9.17, 15) is 14.7 Å². The van der Waals surface area contributed by atoms with Crippen molar-refractivity contribution in [2.24, 2.45) is 0 Å². The number of nitrogens with zero attached hydrogens (tertiary/aromatic N) is 2. The molecular formula is C24H28N2O6. The Morgan fingerprint density at radius 2 is 1.59 bits per heavy atom. The number of ether oxygens (including phenoxy) is 3. The zero-order valence-corrected chi connectivity index (χ0v) is 18.9. The van der Waals surface area contributed by atoms with Crippen LogP contribution in [0.4, 0.5) is 0 Å². The summed E-state index contributed by atoms with van der Waals surface area (Å²) in [4.78, 5) is 29.5. The molecule has 0 spiro atoms. The second-order valence-corrected chi connectivity index (χ2v) is 7.64. The smallest absolute Gasteiger partial charge is 0.295 e. The van der Waals surface area contributed by atoms with Gasteiger partial charge in [0.05, 0.1) is 38.5 Å². The first-order valence-corrected chi connectivity index (χ1v) is 10.1. The number of carbonyl (C=O) groups excluding carboxylic acids is 2. The number of hydrogen-bond acceptors (Lipinski definition) is 7. The Morgan fingerprint density at radius 1 is 0.969 bits per heavy atom. The van der Waals surface area contributed by atoms with Crippen LogP contribution in [0.15, 0.2) is 48.0 Å². The molecule has 32 heavy (non-hydrogen) atoms. The minimum Gasteiger partial charge on any atom is -0.507 e. The van der Waals surface area contributed by atoms with Gasteiger partial charge in [0.15, 0.2) is 0 Å². The highest BCUT2D eigenvalue weighted by Gasteiger charge is 2.46. The summed E-state index contributed by atoms with van der Waals surface area (Å²) >= 11 is 0. The molecule has 1 N–H and O–H groups in total. The monoisotopic (exact) mass is 440 g/mol. The summed E-state index contributed by atoms with van der Waals surface area (Å²) in [6, 6.07) is 11.2. The zero-order valence-electron chi connectivity index (χ0n) is 18.9. The summed E-state index contributed by atoms with van der Waals surface area (Å²) in [7, 11) is 8.33. The number of rotatable bonds is 8. The van der Waals surface area contributed by atoms with E-state index in [1.807, 2.05) is 19.0 Å². The van der Waals surface area contributed by atoms with Gasteiger partial charge >= 0.3 is 0 Å². The van der Waals surface area contributed by atoms with Crippen LogP contribution in [0.1, 0.15) is 17.2 Å². The number of aliphatic hydroxyl groups excluding tert-OH is 1. The molecule has 1 heterocycles. The number of Topliss-reactive ketones (excluding diaryl/α,β-unsaturated/α-hetero) is 1. The van der Waals surface area contributed by atoms with Crippen LogP contribution in [0.5, 0.6) is 17.2 Å². The number of carbonyl (C=O) groups is 2. The van der Waals surface area contributed by atoms with Crippen LogP contribution in [0.2, 0.25) is 0 Å². The van der Waals surface area contributed by atoms with Crippen molar-refractivity contribution in [1.29, 1.82) is 0 Å². The lowest BCUT2D eigenvalue weighted by atomic mass is 9.95. The molecule has 2 aromatic rings. The van der Waals surface area contributed by atoms with E-state index in [4.69, 9.17) is 14.2 Å². The summed E-state index contributed by atoms with van der Waals surface area (Å²) in [5, 5.41) is 11.2. The summed E-state index contributed by atoms with van der Waals surface area (Å²) in [6.45, 7) is 0.885. The quantitative estimate of drug-likeness (QED) is 0.384. The van der Waals surface area contributed by atoms with Crippen molar-refractivity contribution in [2.75, 3.05) is 48.5 Å². The molecule has 8 nitrogen and oxygen atoms in total. The van der Waals surface area contributed by atoms with Crippen molar-refractivity contribution >= 4 is 17.4 Å². The molecule has 1 amide bonds. The molecule has 0 bridgehead atoms. The molecule has 3 rings (SSSR count). The van der Waals surface area contributed by atoms with E-state index in [-0.39, 0.29) is 11.3 Å². The van der Waals surface area contributed by atoms with Crippen LogP contribution in [-0.2, 0) is 9.59 Å². The maximum atomic E-state index is 13.1. The molecule has 170 valence electrons. The van der Waals surface area contributed by atoms with Crippen molar-refractivity contribution in [1.82, 2.24) is 9.80 Å². The Hall–Kier alpha value is -3.52. The fraction of sp³-hybridized carbons (Fsp3) is 0.333. The van der Waals surface area contributed by atoms with E-state index in [2.05, 4.69) is 0 Å². The van der Waals surface area contributed by atoms with Crippen molar-refractivity contribution < 1.29 is 28.9 Å². The minimum absolute atomic E-state index is 0.0161. The summed E-state index contributed by atoms with van der Waals surface area (Å²) in [5.74, 6) is -0.167. The molecule has 2 aromatic carbocycles. The number of hydrogen-bond donors (Lipinski definition) is 1. The normalized spacial score (nSPS) is 17.7. The van der Waals surface area contributed by atoms with Gasteiger partial charge in [0.25, 0.3) is 11.7 Å². The molecule has 1 aliphatic heterocycles. The molecule has 0 radical (unpaired) electrons. The fourth-order valence-corrected chi connectivity index (χ4v) is 3.69. The van der Waals surface area contributed by atoms with Gasteiger partial charge in [0, 0.05) is 19.2 Å². The maximum absolute atomic E-state index is 13.1. The first kappa shape index (κ1) is 23.1. The summed E-state index contributed by atoms with van der Waals surface area (Å²) in [6.07, 6.45) is 0. The molecule has 0 aromatic heterocycles. The molecule has 1 fully saturated rings. The first-order valence-electron chi connectivity index (χ1n) is 10.1. The highest BCUT2D eigenvalue weighted by Crippen LogP contribution is 2.41. The van der Waals surface area contributed by atoms with Gasteiger partial charge in [-0.25, -0.2) is 0 Å². The predicted molar refractivity (Wildman–Crippen MR) is 120 cm³/mol. The van der Waals surface area contributed by atoms with Crippen molar-refractivity contribution in [3.63, 3.8) is 0 Å². The number of amides is 1. The van der Waals surface area contributed by atoms with Gasteiger partial charge in [0.2, 0.25) is 0 Å². The molecule has 0 unspecified atom stereocenters. The van der Waals surface area contributed by atoms with E-state index in [0.717, 1.165) is 0 Å². The zero-order chi connectivity index (χ0) is 23.4. The third-order valence-corrected chi connectivity index (χ3v) is 5.42. The largest absolute Gasteiger partial charge is 0.507 e. The van der Waals surface area contributed by atoms with Gasteiger partial charge in [-0.05, 0) is 43.9 Å². The number of ketones is 1. The second kappa shape index (κ2) is 9.74. The molecule has 0 saturated carbocycles. The lowest BCUT2D eigenvalue weighted by molar-refractivity contribution is -0.140. The third-order valence-electron chi connectivity index (χ3n) is 5.42. The number of likely N-dealkylation sites (N-methyl/N-ethyl adjacent to an activating group) is 1. The topological polar surface area (TPSA) is 88.5 Å². The molecule has 0 aliphatic carbocycles. The fourth-order valence-electron chi connectivity index (χ4n) is 3.69. The Bertz CT molecular complexity index is 1030. The number of likely N-dealkylation sites (tertiary alicyclic amines) is 1. The molecule has 1 saturated heterocycles. The van der Waals surface area contributed by atoms with E-state index >= 15 is 0 Å². The van der Waals surface area contributed by atoms with Gasteiger partial charge in [-0.1, -0.05) is 12.1 Å². The van der Waals surface area contributed by atoms with Crippen LogP contribution >= 0.6 is 0 Å². The minimum atomic E-state index is -0.743. The van der Waals surface area contributed by atoms with E-state index in [1.165, 1.54) is 19.1 Å². The van der Waals surface area contributed by atoms with Crippen molar-refractivity contribution in [3.05, 3.63) is 59.2 Å². The van der Waals surface area contributed by atoms with Crippen LogP contribution in [0.25, 0.3) is 5.76 Å². The Labute approximate surface area is 187 Å². The molecule has 1 aliphatic rings. The van der Waals surface area contributed by atoms with E-state index in [1.54, 1.807) is 49.6 Å². The highest BCUT2D eigenvalue weighted by atomic mass is 16.5. The van der Waals surface area contributed by atoms with Crippen LogP contribution < -0.4 is 14.2 Å². The van der Waals surface area contributed by atoms with Crippen molar-refractivity contribution in [2.45, 2.75) is 6.04 Å². The molecular weight excluding hydrogens is 412 g/mol. The predicted octanol–water partition coefficient (Wildman–Crippen LogP) is 2.70. The first-order chi connectivity index (χ1) is 15.3. The summed E-state index contributed by atoms with van der Waals surface area (Å²) in [5.41, 5.74) is 1.01. The number of benzene rings is 2. The second-order valence-electron chi connectivity index (χ2n) is 7.64. The van der Waals surface area contributed by atoms with Crippen LogP contribution in [0.3, 0.4) is 0 Å². The lowest BCUT2D eigenvalue weighted by Gasteiger charge is -2.26. The highest BCUT2D eigenvalue weighted by molar-refractivity contribution is 6.46. The molecule has 8 heteroatoms. The van der Waals surface area contributed by atoms with Crippen LogP contribution in [0, 0.1) is 0 Å². The van der Waals surface area contributed by atoms with Gasteiger partial charge < -0.3 is 29.1 Å². The molecule has 1 atom stereocenters. The van der Waals surface area contributed by atoms with Crippen LogP contribution in [-0.4, -0.2) is 75.1 Å². The lowest BCUT2D eigenvalue weighted by Crippen LogP contribution is -2.35. The standard InChI is InChI=1S/C24H28N2O6/c1-25(2)12-13-26-21(15-6-8-16(30-3)9-7-15)20(23(28)24(26)29)22(27)18-11-10-17(31-4)14-19(18)32-5/h6-11,14,21,27H,12-13H2,1-5H3/t21-/m1/s1. The average molecular weight is 440 g/mol. The van der Waals surface area contributed by atoms with Gasteiger partial charge in [-0.3, -0.25) is 9.59 Å². The maximum Gasteiger partial charge on any atom is 0.295 e. The average Bonchev–Trinajstić information content (AvgIpc) is 3.06. The Balaban J connectivity index is 2.17. The van der Waals surface area contributed by atoms with Crippen molar-refractivity contribution in [3.8, 4) is 17.2 Å². The van der Waals surface area contributed by atoms with Gasteiger partial charge in [-0.15, -0.1) is 0 Å². The van der Waals surface area contributed by atoms with E-state index in [0.29, 0.717) is 41.5 Å². The number of aliphatic hydroxyl groups is 1. The SMILES string of the molecule is COc1ccc([C@@H]2C(=C(O)c3ccc(OC)cc3OC)C(=O)C(=O)N2CCN(C)C)cc1. The Kier molecular flexibility index (Phi) is 7.05. The Morgan fingerprint density at radius 3 is 2.16 bits per heavy atom. The van der Waals surface area contributed by atoms with Gasteiger partial charge in [0.1, 0.15) is 23.0 Å². The van der Waals surface area contributed by atoms with E-state index < -0.39 is 17.7 Å². The summed E-state index contributed by atoms with van der Waals surface area (Å²) < 4.78 is 15.8. The number of methoxy groups -OCH3 is 3.